The quantitative estimate of drug-likeness (QED) is 0.550. The number of thiazole rings is 1. The molecule has 0 aliphatic heterocycles. The topological polar surface area (TPSA) is 79.5 Å². The Hall–Kier alpha value is -2.26. The van der Waals surface area contributed by atoms with Crippen molar-refractivity contribution in [3.05, 3.63) is 28.7 Å². The molecule has 0 saturated heterocycles. The van der Waals surface area contributed by atoms with E-state index in [1.165, 1.54) is 11.8 Å². The molecule has 0 amide bonds. The summed E-state index contributed by atoms with van der Waals surface area (Å²) in [6, 6.07) is 3.55. The third-order valence-electron chi connectivity index (χ3n) is 3.39. The average Bonchev–Trinajstić information content (AvgIpc) is 3.32. The van der Waals surface area contributed by atoms with Gasteiger partial charge in [-0.3, -0.25) is 0 Å². The molecule has 132 valence electrons. The summed E-state index contributed by atoms with van der Waals surface area (Å²) in [5.41, 5.74) is 3.60. The minimum atomic E-state index is 0.399. The number of ether oxygens (including phenoxy) is 3. The number of methoxy groups -OCH3 is 3. The predicted octanol–water partition coefficient (Wildman–Crippen LogP) is 3.55. The molecular weight excluding hydrogens is 362 g/mol. The van der Waals surface area contributed by atoms with Crippen molar-refractivity contribution in [2.45, 2.75) is 11.6 Å². The van der Waals surface area contributed by atoms with Gasteiger partial charge in [0.1, 0.15) is 0 Å². The summed E-state index contributed by atoms with van der Waals surface area (Å²) in [6.45, 7) is 0. The fourth-order valence-corrected chi connectivity index (χ4v) is 3.51. The Morgan fingerprint density at radius 1 is 1.08 bits per heavy atom. The second-order valence-electron chi connectivity index (χ2n) is 4.87. The average molecular weight is 379 g/mol. The molecule has 3 aromatic rings. The molecule has 0 aliphatic rings. The van der Waals surface area contributed by atoms with Crippen LogP contribution >= 0.6 is 23.1 Å². The van der Waals surface area contributed by atoms with Gasteiger partial charge in [-0.05, 0) is 12.1 Å². The van der Waals surface area contributed by atoms with Crippen LogP contribution in [0.3, 0.4) is 0 Å². The van der Waals surface area contributed by atoms with Crippen LogP contribution in [0.1, 0.15) is 5.69 Å². The highest BCUT2D eigenvalue weighted by molar-refractivity contribution is 7.99. The maximum absolute atomic E-state index is 5.73. The zero-order chi connectivity index (χ0) is 17.6. The molecule has 0 spiro atoms. The van der Waals surface area contributed by atoms with E-state index in [0.29, 0.717) is 33.9 Å². The monoisotopic (exact) mass is 379 g/mol. The van der Waals surface area contributed by atoms with Gasteiger partial charge in [-0.25, -0.2) is 4.98 Å². The Bertz CT molecular complexity index is 796. The molecule has 7 nitrogen and oxygen atoms in total. The molecule has 0 aliphatic carbocycles. The number of thioether (sulfide) groups is 1. The number of hydrogen-bond acceptors (Lipinski definition) is 9. The van der Waals surface area contributed by atoms with Crippen LogP contribution in [0.4, 0.5) is 0 Å². The molecule has 25 heavy (non-hydrogen) atoms. The maximum Gasteiger partial charge on any atom is 0.276 e. The van der Waals surface area contributed by atoms with Gasteiger partial charge < -0.3 is 18.6 Å². The van der Waals surface area contributed by atoms with Crippen LogP contribution in [0.5, 0.6) is 17.2 Å². The molecule has 0 N–H and O–H groups in total. The second-order valence-corrected chi connectivity index (χ2v) is 6.63. The van der Waals surface area contributed by atoms with Crippen molar-refractivity contribution in [3.8, 4) is 28.7 Å². The molecule has 2 aromatic heterocycles. The van der Waals surface area contributed by atoms with Crippen molar-refractivity contribution in [1.29, 1.82) is 0 Å². The van der Waals surface area contributed by atoms with E-state index in [9.17, 15) is 0 Å². The van der Waals surface area contributed by atoms with Crippen LogP contribution in [0, 0.1) is 0 Å². The van der Waals surface area contributed by atoms with Crippen molar-refractivity contribution < 1.29 is 18.6 Å². The van der Waals surface area contributed by atoms with Crippen molar-refractivity contribution in [2.75, 3.05) is 27.1 Å². The van der Waals surface area contributed by atoms with Gasteiger partial charge in [-0.2, -0.15) is 0 Å². The molecule has 0 unspecified atom stereocenters. The third kappa shape index (κ3) is 4.05. The first kappa shape index (κ1) is 17.6. The molecule has 0 atom stereocenters. The standard InChI is InChI=1S/C16H17N3O4S2/c1-20-12-6-10(7-13(21-2)14(12)22-3)15-18-19-16(23-15)25-5-4-11-8-24-9-17-11/h6-9H,4-5H2,1-3H3. The fraction of sp³-hybridized carbons (Fsp3) is 0.312. The first-order valence-corrected chi connectivity index (χ1v) is 9.31. The molecule has 1 aromatic carbocycles. The summed E-state index contributed by atoms with van der Waals surface area (Å²) in [6.07, 6.45) is 0.857. The van der Waals surface area contributed by atoms with Gasteiger partial charge in [0.2, 0.25) is 11.6 Å². The van der Waals surface area contributed by atoms with E-state index in [-0.39, 0.29) is 0 Å². The number of hydrogen-bond donors (Lipinski definition) is 0. The SMILES string of the molecule is COc1cc(-c2nnc(SCCc3cscn3)o2)cc(OC)c1OC. The second kappa shape index (κ2) is 8.21. The lowest BCUT2D eigenvalue weighted by Crippen LogP contribution is -1.95. The Balaban J connectivity index is 1.75. The molecule has 0 fully saturated rings. The summed E-state index contributed by atoms with van der Waals surface area (Å²) in [4.78, 5) is 4.25. The smallest absolute Gasteiger partial charge is 0.276 e. The molecule has 0 radical (unpaired) electrons. The van der Waals surface area contributed by atoms with Crippen molar-refractivity contribution in [1.82, 2.24) is 15.2 Å². The summed E-state index contributed by atoms with van der Waals surface area (Å²) >= 11 is 3.09. The van der Waals surface area contributed by atoms with Crippen LogP contribution in [0.15, 0.2) is 32.7 Å². The Labute approximate surface area is 153 Å². The fourth-order valence-electron chi connectivity index (χ4n) is 2.19. The van der Waals surface area contributed by atoms with E-state index in [1.807, 2.05) is 10.9 Å². The summed E-state index contributed by atoms with van der Waals surface area (Å²) in [5.74, 6) is 2.81. The number of rotatable bonds is 8. The Morgan fingerprint density at radius 2 is 1.84 bits per heavy atom. The van der Waals surface area contributed by atoms with Gasteiger partial charge >= 0.3 is 0 Å². The number of aryl methyl sites for hydroxylation is 1. The molecule has 0 saturated carbocycles. The minimum absolute atomic E-state index is 0.399. The minimum Gasteiger partial charge on any atom is -0.493 e. The van der Waals surface area contributed by atoms with Gasteiger partial charge in [-0.1, -0.05) is 11.8 Å². The lowest BCUT2D eigenvalue weighted by molar-refractivity contribution is 0.324. The third-order valence-corrected chi connectivity index (χ3v) is 4.84. The molecule has 2 heterocycles. The van der Waals surface area contributed by atoms with Crippen LogP contribution in [0.2, 0.25) is 0 Å². The zero-order valence-electron chi connectivity index (χ0n) is 14.0. The summed E-state index contributed by atoms with van der Waals surface area (Å²) in [7, 11) is 4.69. The van der Waals surface area contributed by atoms with Crippen molar-refractivity contribution in [3.63, 3.8) is 0 Å². The first-order chi connectivity index (χ1) is 12.2. The van der Waals surface area contributed by atoms with Crippen molar-refractivity contribution in [2.24, 2.45) is 0 Å². The van der Waals surface area contributed by atoms with Gasteiger partial charge in [0, 0.05) is 23.1 Å². The van der Waals surface area contributed by atoms with E-state index in [4.69, 9.17) is 18.6 Å². The van der Waals surface area contributed by atoms with E-state index in [2.05, 4.69) is 15.2 Å². The van der Waals surface area contributed by atoms with Crippen LogP contribution in [-0.2, 0) is 6.42 Å². The van der Waals surface area contributed by atoms with Crippen LogP contribution in [0.25, 0.3) is 11.5 Å². The lowest BCUT2D eigenvalue weighted by atomic mass is 10.2. The van der Waals surface area contributed by atoms with Crippen molar-refractivity contribution >= 4 is 23.1 Å². The number of nitrogens with zero attached hydrogens (tertiary/aromatic N) is 3. The number of benzene rings is 1. The van der Waals surface area contributed by atoms with Gasteiger partial charge in [-0.15, -0.1) is 21.5 Å². The highest BCUT2D eigenvalue weighted by atomic mass is 32.2. The van der Waals surface area contributed by atoms with E-state index >= 15 is 0 Å². The van der Waals surface area contributed by atoms with E-state index in [1.54, 1.807) is 44.8 Å². The van der Waals surface area contributed by atoms with Crippen LogP contribution in [-0.4, -0.2) is 42.3 Å². The molecule has 3 rings (SSSR count). The Morgan fingerprint density at radius 3 is 2.44 bits per heavy atom. The first-order valence-electron chi connectivity index (χ1n) is 7.39. The Kier molecular flexibility index (Phi) is 5.77. The van der Waals surface area contributed by atoms with Gasteiger partial charge in [0.25, 0.3) is 5.22 Å². The summed E-state index contributed by atoms with van der Waals surface area (Å²) < 4.78 is 21.7. The van der Waals surface area contributed by atoms with Crippen LogP contribution < -0.4 is 14.2 Å². The predicted molar refractivity (Wildman–Crippen MR) is 95.9 cm³/mol. The lowest BCUT2D eigenvalue weighted by Gasteiger charge is -2.12. The highest BCUT2D eigenvalue weighted by Crippen LogP contribution is 2.41. The maximum atomic E-state index is 5.73. The molecule has 0 bridgehead atoms. The zero-order valence-corrected chi connectivity index (χ0v) is 15.6. The van der Waals surface area contributed by atoms with E-state index < -0.39 is 0 Å². The molecule has 9 heteroatoms. The van der Waals surface area contributed by atoms with E-state index in [0.717, 1.165) is 17.9 Å². The largest absolute Gasteiger partial charge is 0.493 e. The highest BCUT2D eigenvalue weighted by Gasteiger charge is 2.17. The molecular formula is C16H17N3O4S2. The normalized spacial score (nSPS) is 10.7. The van der Waals surface area contributed by atoms with Gasteiger partial charge in [0.15, 0.2) is 11.5 Å². The number of aromatic nitrogens is 3. The summed E-state index contributed by atoms with van der Waals surface area (Å²) in [5, 5.41) is 10.7. The van der Waals surface area contributed by atoms with Gasteiger partial charge in [0.05, 0.1) is 32.5 Å².